The smallest absolute Gasteiger partial charge is 0.0439 e. The highest BCUT2D eigenvalue weighted by Gasteiger charge is 1.63. The van der Waals surface area contributed by atoms with Crippen molar-refractivity contribution < 1.29 is 0 Å². The molecule has 0 rings (SSSR count). The van der Waals surface area contributed by atoms with Crippen LogP contribution in [0.4, 0.5) is 0 Å². The van der Waals surface area contributed by atoms with Gasteiger partial charge in [-0.25, -0.2) is 0 Å². The minimum absolute atomic E-state index is 0. The molecule has 84 valence electrons. The van der Waals surface area contributed by atoms with E-state index in [1.165, 1.54) is 12.0 Å². The normalized spacial score (nSPS) is 5.08. The Hall–Kier alpha value is -0.520. The number of hydrogen-bond acceptors (Lipinski definition) is 0. The van der Waals surface area contributed by atoms with E-state index in [2.05, 4.69) is 20.4 Å². The van der Waals surface area contributed by atoms with Gasteiger partial charge in [0.25, 0.3) is 0 Å². The average Bonchev–Trinajstić information content (AvgIpc) is 1.93. The largest absolute Gasteiger partial charge is 0.0991 e. The van der Waals surface area contributed by atoms with Crippen LogP contribution in [0.2, 0.25) is 0 Å². The lowest BCUT2D eigenvalue weighted by Crippen LogP contribution is -1.54. The second kappa shape index (κ2) is 42.0. The van der Waals surface area contributed by atoms with Gasteiger partial charge >= 0.3 is 0 Å². The van der Waals surface area contributed by atoms with Gasteiger partial charge in [-0.15, -0.1) is 0 Å². The van der Waals surface area contributed by atoms with Crippen molar-refractivity contribution in [2.24, 2.45) is 0 Å². The molecule has 0 atom stereocenters. The second-order valence-electron chi connectivity index (χ2n) is 2.19. The molecule has 0 heteroatoms. The Balaban J connectivity index is -0.0000000268. The third kappa shape index (κ3) is 168. The zero-order valence-corrected chi connectivity index (χ0v) is 9.07. The molecule has 0 aromatic heterocycles. The topological polar surface area (TPSA) is 0 Å². The van der Waals surface area contributed by atoms with Crippen molar-refractivity contribution in [3.8, 4) is 0 Å². The number of rotatable bonds is 1. The van der Waals surface area contributed by atoms with E-state index in [-0.39, 0.29) is 14.9 Å². The first-order valence-corrected chi connectivity index (χ1v) is 4.44. The molecule has 0 aliphatic carbocycles. The molecule has 0 bridgehead atoms. The summed E-state index contributed by atoms with van der Waals surface area (Å²) in [6.07, 6.45) is 5.01. The van der Waals surface area contributed by atoms with Crippen molar-refractivity contribution >= 4 is 0 Å². The molecule has 0 heterocycles. The minimum atomic E-state index is 0. The molecule has 0 spiro atoms. The van der Waals surface area contributed by atoms with Gasteiger partial charge in [-0.1, -0.05) is 73.3 Å². The Morgan fingerprint density at radius 1 is 1.08 bits per heavy atom. The molecule has 0 aromatic carbocycles. The van der Waals surface area contributed by atoms with Crippen molar-refractivity contribution in [2.75, 3.05) is 0 Å². The molecule has 0 nitrogen and oxygen atoms in total. The van der Waals surface area contributed by atoms with Gasteiger partial charge in [0.05, 0.1) is 0 Å². The summed E-state index contributed by atoms with van der Waals surface area (Å²) in [7, 11) is 0. The van der Waals surface area contributed by atoms with Gasteiger partial charge in [-0.05, 0) is 13.8 Å². The Kier molecular flexibility index (Phi) is 94.9. The average molecular weight is 188 g/mol. The fourth-order valence-electron chi connectivity index (χ4n) is 0.236. The molecular formula is C13H32. The molecule has 0 aliphatic rings. The number of hydrogen-bond donors (Lipinski definition) is 0. The Morgan fingerprint density at radius 3 is 1.31 bits per heavy atom. The van der Waals surface area contributed by atoms with Crippen LogP contribution >= 0.6 is 0 Å². The zero-order valence-electron chi connectivity index (χ0n) is 9.07. The van der Waals surface area contributed by atoms with Crippen LogP contribution in [0.5, 0.6) is 0 Å². The zero-order chi connectivity index (χ0) is 9.70. The van der Waals surface area contributed by atoms with Crippen LogP contribution in [0, 0.1) is 0 Å². The summed E-state index contributed by atoms with van der Waals surface area (Å²) >= 11 is 0. The minimum Gasteiger partial charge on any atom is -0.0991 e. The van der Waals surface area contributed by atoms with Gasteiger partial charge in [0.1, 0.15) is 0 Å². The summed E-state index contributed by atoms with van der Waals surface area (Å²) in [5, 5.41) is 0. The van der Waals surface area contributed by atoms with Gasteiger partial charge in [0.2, 0.25) is 0 Å². The highest BCUT2D eigenvalue weighted by Crippen LogP contribution is 1.85. The van der Waals surface area contributed by atoms with Crippen LogP contribution in [0.15, 0.2) is 24.3 Å². The fourth-order valence-corrected chi connectivity index (χ4v) is 0.236. The molecule has 0 fully saturated rings. The molecule has 13 heavy (non-hydrogen) atoms. The van der Waals surface area contributed by atoms with Crippen molar-refractivity contribution in [3.63, 3.8) is 0 Å². The molecule has 0 radical (unpaired) electrons. The maximum Gasteiger partial charge on any atom is -0.0439 e. The standard InChI is InChI=1S/C6H10.C3H8.C2H6.2CH4/c1-4-5-6(2)3;1-3-2;1-2;;/h4-5H,1H2,2-3H3;3H2,1-2H3;1-2H3;2*1H4. The summed E-state index contributed by atoms with van der Waals surface area (Å²) in [5.41, 5.74) is 1.30. The van der Waals surface area contributed by atoms with Crippen molar-refractivity contribution in [3.05, 3.63) is 24.3 Å². The predicted molar refractivity (Wildman–Crippen MR) is 70.4 cm³/mol. The van der Waals surface area contributed by atoms with E-state index in [1.807, 2.05) is 33.8 Å². The van der Waals surface area contributed by atoms with E-state index < -0.39 is 0 Å². The summed E-state index contributed by atoms with van der Waals surface area (Å²) in [6.45, 7) is 15.9. The van der Waals surface area contributed by atoms with E-state index in [0.29, 0.717) is 0 Å². The molecule has 0 N–H and O–H groups in total. The van der Waals surface area contributed by atoms with E-state index in [0.717, 1.165) is 0 Å². The fraction of sp³-hybridized carbons (Fsp3) is 0.692. The number of allylic oxidation sites excluding steroid dienone is 3. The van der Waals surface area contributed by atoms with E-state index in [4.69, 9.17) is 0 Å². The third-order valence-corrected chi connectivity index (χ3v) is 0.451. The van der Waals surface area contributed by atoms with E-state index in [1.54, 1.807) is 6.08 Å². The van der Waals surface area contributed by atoms with E-state index in [9.17, 15) is 0 Å². The first-order chi connectivity index (χ1) is 5.18. The maximum absolute atomic E-state index is 3.52. The monoisotopic (exact) mass is 188 g/mol. The van der Waals surface area contributed by atoms with Gasteiger partial charge in [-0.3, -0.25) is 0 Å². The van der Waals surface area contributed by atoms with Crippen LogP contribution in [-0.4, -0.2) is 0 Å². The van der Waals surface area contributed by atoms with Crippen LogP contribution in [0.25, 0.3) is 0 Å². The van der Waals surface area contributed by atoms with E-state index >= 15 is 0 Å². The molecule has 0 unspecified atom stereocenters. The highest BCUT2D eigenvalue weighted by atomic mass is 13.7. The highest BCUT2D eigenvalue weighted by molar-refractivity contribution is 5.04. The lowest BCUT2D eigenvalue weighted by molar-refractivity contribution is 1.09. The van der Waals surface area contributed by atoms with Gasteiger partial charge < -0.3 is 0 Å². The molecule has 0 amide bonds. The third-order valence-electron chi connectivity index (χ3n) is 0.451. The Bertz CT molecular complexity index is 74.0. The SMILES string of the molecule is C.C.C=CC=C(C)C.CC.CCC. The summed E-state index contributed by atoms with van der Waals surface area (Å²) in [4.78, 5) is 0. The van der Waals surface area contributed by atoms with Crippen molar-refractivity contribution in [2.45, 2.75) is 62.8 Å². The lowest BCUT2D eigenvalue weighted by Gasteiger charge is -1.76. The quantitative estimate of drug-likeness (QED) is 0.453. The maximum atomic E-state index is 3.52. The first kappa shape index (κ1) is 29.4. The predicted octanol–water partition coefficient (Wildman–Crippen LogP) is 5.85. The van der Waals surface area contributed by atoms with Crippen molar-refractivity contribution in [1.29, 1.82) is 0 Å². The molecule has 0 saturated carbocycles. The molecule has 0 saturated heterocycles. The Labute approximate surface area is 87.8 Å². The lowest BCUT2D eigenvalue weighted by atomic mass is 10.3. The van der Waals surface area contributed by atoms with Crippen LogP contribution in [-0.2, 0) is 0 Å². The van der Waals surface area contributed by atoms with Crippen LogP contribution < -0.4 is 0 Å². The van der Waals surface area contributed by atoms with Gasteiger partial charge in [-0.2, -0.15) is 0 Å². The Morgan fingerprint density at radius 2 is 1.31 bits per heavy atom. The van der Waals surface area contributed by atoms with Gasteiger partial charge in [0.15, 0.2) is 0 Å². The summed E-state index contributed by atoms with van der Waals surface area (Å²) < 4.78 is 0. The summed E-state index contributed by atoms with van der Waals surface area (Å²) in [5.74, 6) is 0. The second-order valence-corrected chi connectivity index (χ2v) is 2.19. The summed E-state index contributed by atoms with van der Waals surface area (Å²) in [6, 6.07) is 0. The molecular weight excluding hydrogens is 156 g/mol. The van der Waals surface area contributed by atoms with Gasteiger partial charge in [0, 0.05) is 0 Å². The first-order valence-electron chi connectivity index (χ1n) is 4.44. The van der Waals surface area contributed by atoms with Crippen LogP contribution in [0.3, 0.4) is 0 Å². The molecule has 0 aliphatic heterocycles. The molecule has 0 aromatic rings. The van der Waals surface area contributed by atoms with Crippen molar-refractivity contribution in [1.82, 2.24) is 0 Å². The van der Waals surface area contributed by atoms with Crippen LogP contribution in [0.1, 0.15) is 62.8 Å².